The highest BCUT2D eigenvalue weighted by Crippen LogP contribution is 2.29. The first kappa shape index (κ1) is 38.8. The number of hydrogen-bond acceptors (Lipinski definition) is 8. The Morgan fingerprint density at radius 3 is 2.12 bits per heavy atom. The fourth-order valence-corrected chi connectivity index (χ4v) is 5.68. The van der Waals surface area contributed by atoms with Gasteiger partial charge in [0.25, 0.3) is 5.91 Å². The molecule has 13 heteroatoms. The van der Waals surface area contributed by atoms with E-state index < -0.39 is 18.2 Å². The number of carbonyl (C=O) groups is 3. The summed E-state index contributed by atoms with van der Waals surface area (Å²) >= 11 is 0. The number of benzene rings is 3. The third kappa shape index (κ3) is 11.2. The lowest BCUT2D eigenvalue weighted by molar-refractivity contribution is -0.0115. The predicted molar refractivity (Wildman–Crippen MR) is 197 cm³/mol. The lowest BCUT2D eigenvalue weighted by Gasteiger charge is -2.35. The van der Waals surface area contributed by atoms with Crippen LogP contribution in [-0.4, -0.2) is 98.7 Å². The molecule has 0 aromatic heterocycles. The number of methoxy groups -OCH3 is 2. The highest BCUT2D eigenvalue weighted by atomic mass is 16.5. The Bertz CT molecular complexity index is 1590. The Kier molecular flexibility index (Phi) is 14.3. The predicted octanol–water partition coefficient (Wildman–Crippen LogP) is 6.31. The average Bonchev–Trinajstić information content (AvgIpc) is 3.13. The van der Waals surface area contributed by atoms with Gasteiger partial charge in [0, 0.05) is 49.7 Å². The Morgan fingerprint density at radius 1 is 0.922 bits per heavy atom. The van der Waals surface area contributed by atoms with Crippen molar-refractivity contribution in [1.29, 1.82) is 0 Å². The second-order valence-electron chi connectivity index (χ2n) is 12.9. The van der Waals surface area contributed by atoms with Crippen molar-refractivity contribution < 1.29 is 38.4 Å². The van der Waals surface area contributed by atoms with E-state index in [1.807, 2.05) is 13.8 Å². The Morgan fingerprint density at radius 2 is 1.51 bits per heavy atom. The van der Waals surface area contributed by atoms with Crippen LogP contribution < -0.4 is 30.2 Å². The summed E-state index contributed by atoms with van der Waals surface area (Å²) in [5.74, 6) is 1.13. The summed E-state index contributed by atoms with van der Waals surface area (Å²) in [6, 6.07) is 17.6. The van der Waals surface area contributed by atoms with Gasteiger partial charge >= 0.3 is 12.1 Å². The fraction of sp³-hybridized carbons (Fsp3) is 0.447. The lowest BCUT2D eigenvalue weighted by Crippen LogP contribution is -2.48. The van der Waals surface area contributed by atoms with Crippen LogP contribution in [0, 0.1) is 5.92 Å². The van der Waals surface area contributed by atoms with E-state index in [0.717, 1.165) is 19.3 Å². The van der Waals surface area contributed by atoms with E-state index in [0.29, 0.717) is 40.9 Å². The van der Waals surface area contributed by atoms with Crippen LogP contribution >= 0.6 is 0 Å². The lowest BCUT2D eigenvalue weighted by atomic mass is 10.0. The maximum Gasteiger partial charge on any atom is 0.323 e. The van der Waals surface area contributed by atoms with Crippen LogP contribution in [0.3, 0.4) is 0 Å². The minimum atomic E-state index is -0.551. The number of carbonyl (C=O) groups excluding carboxylic acids is 3. The molecule has 4 atom stereocenters. The summed E-state index contributed by atoms with van der Waals surface area (Å²) < 4.78 is 23.1. The van der Waals surface area contributed by atoms with Gasteiger partial charge in [-0.05, 0) is 99.8 Å². The van der Waals surface area contributed by atoms with E-state index in [9.17, 15) is 19.5 Å². The quantitative estimate of drug-likeness (QED) is 0.202. The zero-order chi connectivity index (χ0) is 36.9. The number of rotatable bonds is 9. The minimum Gasteiger partial charge on any atom is -0.497 e. The molecule has 3 aromatic carbocycles. The molecule has 0 saturated heterocycles. The maximum atomic E-state index is 14.4. The monoisotopic (exact) mass is 705 g/mol. The molecule has 51 heavy (non-hydrogen) atoms. The first-order chi connectivity index (χ1) is 24.5. The van der Waals surface area contributed by atoms with E-state index >= 15 is 0 Å². The normalized spacial score (nSPS) is 19.0. The number of fused-ring (bicyclic) bond motifs is 1. The summed E-state index contributed by atoms with van der Waals surface area (Å²) in [4.78, 5) is 43.6. The van der Waals surface area contributed by atoms with Gasteiger partial charge in [0.15, 0.2) is 0 Å². The molecular formula is C38H51N5O8. The molecular weight excluding hydrogens is 654 g/mol. The second-order valence-corrected chi connectivity index (χ2v) is 12.9. The number of anilines is 3. The van der Waals surface area contributed by atoms with Gasteiger partial charge in [0.1, 0.15) is 17.2 Å². The molecule has 4 rings (SSSR count). The summed E-state index contributed by atoms with van der Waals surface area (Å²) in [7, 11) is 4.85. The molecule has 0 aliphatic carbocycles. The van der Waals surface area contributed by atoms with Gasteiger partial charge in [-0.15, -0.1) is 0 Å². The minimum absolute atomic E-state index is 0.206. The number of aliphatic hydroxyl groups is 1. The highest BCUT2D eigenvalue weighted by molar-refractivity contribution is 6.02. The number of likely N-dealkylation sites (N-methyl/N-ethyl adjacent to an activating group) is 1. The Hall–Kier alpha value is -5.01. The van der Waals surface area contributed by atoms with Gasteiger partial charge in [0.05, 0.1) is 44.6 Å². The van der Waals surface area contributed by atoms with Crippen molar-refractivity contribution in [3.8, 4) is 17.2 Å². The van der Waals surface area contributed by atoms with Crippen molar-refractivity contribution in [2.45, 2.75) is 58.3 Å². The Balaban J connectivity index is 1.55. The van der Waals surface area contributed by atoms with E-state index in [-0.39, 0.29) is 49.2 Å². The number of aliphatic hydroxyl groups excluding tert-OH is 1. The van der Waals surface area contributed by atoms with Crippen molar-refractivity contribution in [2.24, 2.45) is 5.92 Å². The average molecular weight is 706 g/mol. The number of amides is 5. The summed E-state index contributed by atoms with van der Waals surface area (Å²) in [6.07, 6.45) is 1.72. The van der Waals surface area contributed by atoms with Crippen LogP contribution in [0.15, 0.2) is 66.7 Å². The molecule has 0 saturated carbocycles. The molecule has 1 aliphatic rings. The topological polar surface area (TPSA) is 151 Å². The summed E-state index contributed by atoms with van der Waals surface area (Å²) in [6.45, 7) is 6.38. The molecule has 3 aromatic rings. The van der Waals surface area contributed by atoms with Gasteiger partial charge in [-0.3, -0.25) is 4.79 Å². The van der Waals surface area contributed by atoms with E-state index in [1.54, 1.807) is 105 Å². The van der Waals surface area contributed by atoms with E-state index in [2.05, 4.69) is 16.0 Å². The summed E-state index contributed by atoms with van der Waals surface area (Å²) in [5, 5.41) is 18.7. The second kappa shape index (κ2) is 18.8. The summed E-state index contributed by atoms with van der Waals surface area (Å²) in [5.41, 5.74) is 1.84. The van der Waals surface area contributed by atoms with E-state index in [1.165, 1.54) is 0 Å². The fourth-order valence-electron chi connectivity index (χ4n) is 5.68. The zero-order valence-corrected chi connectivity index (χ0v) is 30.3. The van der Waals surface area contributed by atoms with Crippen LogP contribution in [0.1, 0.15) is 50.4 Å². The maximum absolute atomic E-state index is 14.4. The molecule has 4 N–H and O–H groups in total. The number of nitrogens with one attached hydrogen (secondary N) is 3. The number of urea groups is 2. The van der Waals surface area contributed by atoms with Crippen molar-refractivity contribution in [3.05, 3.63) is 72.3 Å². The third-order valence-corrected chi connectivity index (χ3v) is 8.80. The first-order valence-electron chi connectivity index (χ1n) is 17.2. The van der Waals surface area contributed by atoms with Gasteiger partial charge in [0.2, 0.25) is 0 Å². The number of ether oxygens (including phenoxy) is 4. The number of nitrogens with zero attached hydrogens (tertiary/aromatic N) is 2. The molecule has 0 unspecified atom stereocenters. The van der Waals surface area contributed by atoms with Crippen molar-refractivity contribution in [1.82, 2.24) is 9.80 Å². The van der Waals surface area contributed by atoms with E-state index in [4.69, 9.17) is 18.9 Å². The standard InChI is InChI=1S/C38H51N5O8/c1-25-22-43(26(2)24-44)36(45)33-21-30(40-37(46)39-28-10-15-31(48-5)16-11-28)14-19-34(33)51-27(3)9-7-8-20-50-35(25)23-42(4)38(47)41-29-12-17-32(49-6)18-13-29/h10-19,21,25-27,35,44H,7-9,20,22-24H2,1-6H3,(H,41,47)(H2,39,40,46)/t25-,26+,27+,35-/m0/s1. The van der Waals surface area contributed by atoms with Crippen LogP contribution in [0.25, 0.3) is 0 Å². The zero-order valence-electron chi connectivity index (χ0n) is 30.3. The van der Waals surface area contributed by atoms with Gasteiger partial charge in [-0.25, -0.2) is 9.59 Å². The first-order valence-corrected chi connectivity index (χ1v) is 17.2. The molecule has 1 aliphatic heterocycles. The molecule has 13 nitrogen and oxygen atoms in total. The van der Waals surface area contributed by atoms with Crippen LogP contribution in [-0.2, 0) is 4.74 Å². The highest BCUT2D eigenvalue weighted by Gasteiger charge is 2.31. The van der Waals surface area contributed by atoms with Crippen LogP contribution in [0.4, 0.5) is 26.7 Å². The van der Waals surface area contributed by atoms with Crippen molar-refractivity contribution >= 4 is 35.0 Å². The van der Waals surface area contributed by atoms with Gasteiger partial charge in [-0.2, -0.15) is 0 Å². The molecule has 1 heterocycles. The van der Waals surface area contributed by atoms with Crippen LogP contribution in [0.2, 0.25) is 0 Å². The SMILES string of the molecule is COc1ccc(NC(=O)Nc2ccc3c(c2)C(=O)N([C@H](C)CO)C[C@H](C)[C@H](CN(C)C(=O)Nc2ccc(OC)cc2)OCCCC[C@@H](C)O3)cc1. The van der Waals surface area contributed by atoms with Crippen LogP contribution in [0.5, 0.6) is 17.2 Å². The van der Waals surface area contributed by atoms with Crippen molar-refractivity contribution in [2.75, 3.05) is 63.5 Å². The molecule has 276 valence electrons. The Labute approximate surface area is 300 Å². The smallest absolute Gasteiger partial charge is 0.323 e. The van der Waals surface area contributed by atoms with Gasteiger partial charge in [-0.1, -0.05) is 6.92 Å². The number of hydrogen-bond donors (Lipinski definition) is 4. The molecule has 0 spiro atoms. The third-order valence-electron chi connectivity index (χ3n) is 8.80. The molecule has 5 amide bonds. The van der Waals surface area contributed by atoms with Crippen molar-refractivity contribution in [3.63, 3.8) is 0 Å². The molecule has 0 bridgehead atoms. The van der Waals surface area contributed by atoms with Gasteiger partial charge < -0.3 is 49.8 Å². The molecule has 0 fully saturated rings. The molecule has 0 radical (unpaired) electrons. The largest absolute Gasteiger partial charge is 0.497 e.